The van der Waals surface area contributed by atoms with Crippen molar-refractivity contribution in [1.82, 2.24) is 0 Å². The molecule has 0 aromatic heterocycles. The van der Waals surface area contributed by atoms with Crippen molar-refractivity contribution in [2.75, 3.05) is 18.1 Å². The number of para-hydroxylation sites is 1. The highest BCUT2D eigenvalue weighted by atomic mass is 31.2. The van der Waals surface area contributed by atoms with Gasteiger partial charge in [-0.2, -0.15) is 0 Å². The lowest BCUT2D eigenvalue weighted by atomic mass is 9.97. The van der Waals surface area contributed by atoms with Gasteiger partial charge in [0.1, 0.15) is 0 Å². The lowest BCUT2D eigenvalue weighted by Crippen LogP contribution is -2.31. The van der Waals surface area contributed by atoms with E-state index in [1.807, 2.05) is 80.6 Å². The molecule has 0 saturated heterocycles. The van der Waals surface area contributed by atoms with Crippen LogP contribution in [-0.2, 0) is 13.6 Å². The maximum Gasteiger partial charge on any atom is 0.357 e. The van der Waals surface area contributed by atoms with E-state index in [0.29, 0.717) is 13.2 Å². The first-order valence-electron chi connectivity index (χ1n) is 10.3. The maximum absolute atomic E-state index is 14.2. The van der Waals surface area contributed by atoms with Gasteiger partial charge in [0.2, 0.25) is 0 Å². The predicted octanol–water partition coefficient (Wildman–Crippen LogP) is 6.97. The number of hydrogen-bond acceptors (Lipinski definition) is 4. The van der Waals surface area contributed by atoms with Crippen molar-refractivity contribution in [3.8, 4) is 0 Å². The molecule has 1 aliphatic rings. The minimum absolute atomic E-state index is 0.308. The molecule has 1 unspecified atom stereocenters. The molecule has 0 aliphatic carbocycles. The van der Waals surface area contributed by atoms with Gasteiger partial charge in [-0.05, 0) is 48.7 Å². The normalized spacial score (nSPS) is 16.1. The molecule has 0 spiro atoms. The Hall–Kier alpha value is -2.65. The molecule has 1 aliphatic heterocycles. The Labute approximate surface area is 178 Å². The average Bonchev–Trinajstić information content (AvgIpc) is 2.79. The summed E-state index contributed by atoms with van der Waals surface area (Å²) in [5.41, 5.74) is 4.90. The highest BCUT2D eigenvalue weighted by molar-refractivity contribution is 7.54. The van der Waals surface area contributed by atoms with Gasteiger partial charge in [-0.15, -0.1) is 0 Å². The van der Waals surface area contributed by atoms with E-state index in [0.717, 1.165) is 28.1 Å². The standard InChI is InChI=1S/C25H26NO3P/c1-3-28-30(27,29-4-2)25-23-18-12-11-15-21(23)19-24(20-13-7-5-8-14-20)26(25)22-16-9-6-10-17-22/h5-19,25H,3-4H2,1-2H3. The molecule has 0 bridgehead atoms. The van der Waals surface area contributed by atoms with Gasteiger partial charge in [0, 0.05) is 5.69 Å². The van der Waals surface area contributed by atoms with Gasteiger partial charge in [0.25, 0.3) is 0 Å². The van der Waals surface area contributed by atoms with Crippen molar-refractivity contribution in [3.63, 3.8) is 0 Å². The van der Waals surface area contributed by atoms with Crippen molar-refractivity contribution < 1.29 is 13.6 Å². The minimum Gasteiger partial charge on any atom is -0.322 e. The molecule has 3 aromatic carbocycles. The molecular formula is C25H26NO3P. The molecule has 0 saturated carbocycles. The number of nitrogens with zero attached hydrogens (tertiary/aromatic N) is 1. The van der Waals surface area contributed by atoms with E-state index in [1.54, 1.807) is 0 Å². The summed E-state index contributed by atoms with van der Waals surface area (Å²) >= 11 is 0. The quantitative estimate of drug-likeness (QED) is 0.388. The smallest absolute Gasteiger partial charge is 0.322 e. The van der Waals surface area contributed by atoms with Crippen molar-refractivity contribution >= 4 is 25.1 Å². The summed E-state index contributed by atoms with van der Waals surface area (Å²) in [6.45, 7) is 4.31. The molecule has 0 amide bonds. The third-order valence-corrected chi connectivity index (χ3v) is 7.44. The van der Waals surface area contributed by atoms with Gasteiger partial charge in [0.05, 0.1) is 18.9 Å². The van der Waals surface area contributed by atoms with Crippen LogP contribution in [0.3, 0.4) is 0 Å². The van der Waals surface area contributed by atoms with Crippen molar-refractivity contribution in [2.24, 2.45) is 0 Å². The number of benzene rings is 3. The van der Waals surface area contributed by atoms with Gasteiger partial charge in [-0.3, -0.25) is 4.57 Å². The molecule has 0 fully saturated rings. The molecule has 1 heterocycles. The third kappa shape index (κ3) is 3.87. The lowest BCUT2D eigenvalue weighted by Gasteiger charge is -2.42. The monoisotopic (exact) mass is 419 g/mol. The largest absolute Gasteiger partial charge is 0.357 e. The second kappa shape index (κ2) is 9.01. The van der Waals surface area contributed by atoms with Gasteiger partial charge < -0.3 is 13.9 Å². The Bertz CT molecular complexity index is 1060. The second-order valence-corrected chi connectivity index (χ2v) is 9.06. The molecule has 0 N–H and O–H groups in total. The molecule has 5 heteroatoms. The molecule has 3 aromatic rings. The van der Waals surface area contributed by atoms with E-state index in [4.69, 9.17) is 9.05 Å². The van der Waals surface area contributed by atoms with Crippen LogP contribution >= 0.6 is 7.60 Å². The van der Waals surface area contributed by atoms with Crippen LogP contribution in [0.1, 0.15) is 36.3 Å². The van der Waals surface area contributed by atoms with E-state index in [1.165, 1.54) is 0 Å². The molecule has 4 rings (SSSR count). The fraction of sp³-hybridized carbons (Fsp3) is 0.200. The van der Waals surface area contributed by atoms with Crippen LogP contribution < -0.4 is 4.90 Å². The lowest BCUT2D eigenvalue weighted by molar-refractivity contribution is 0.212. The summed E-state index contributed by atoms with van der Waals surface area (Å²) in [4.78, 5) is 2.10. The zero-order valence-electron chi connectivity index (χ0n) is 17.3. The highest BCUT2D eigenvalue weighted by Gasteiger charge is 2.45. The van der Waals surface area contributed by atoms with Crippen molar-refractivity contribution in [3.05, 3.63) is 102 Å². The van der Waals surface area contributed by atoms with Crippen LogP contribution in [0, 0.1) is 0 Å². The topological polar surface area (TPSA) is 38.8 Å². The van der Waals surface area contributed by atoms with Crippen LogP contribution in [0.15, 0.2) is 84.9 Å². The summed E-state index contributed by atoms with van der Waals surface area (Å²) < 4.78 is 25.9. The van der Waals surface area contributed by atoms with Crippen LogP contribution in [-0.4, -0.2) is 13.2 Å². The van der Waals surface area contributed by atoms with Gasteiger partial charge in [-0.25, -0.2) is 0 Å². The molecule has 4 nitrogen and oxygen atoms in total. The highest BCUT2D eigenvalue weighted by Crippen LogP contribution is 2.65. The number of fused-ring (bicyclic) bond motifs is 1. The number of anilines is 1. The molecule has 0 radical (unpaired) electrons. The second-order valence-electron chi connectivity index (χ2n) is 6.98. The summed E-state index contributed by atoms with van der Waals surface area (Å²) in [6.07, 6.45) is 2.15. The molecule has 154 valence electrons. The van der Waals surface area contributed by atoms with Crippen LogP contribution in [0.2, 0.25) is 0 Å². The van der Waals surface area contributed by atoms with E-state index < -0.39 is 13.4 Å². The molecule has 30 heavy (non-hydrogen) atoms. The zero-order valence-corrected chi connectivity index (χ0v) is 18.2. The summed E-state index contributed by atoms with van der Waals surface area (Å²) in [7, 11) is -3.52. The Balaban J connectivity index is 2.00. The first-order valence-corrected chi connectivity index (χ1v) is 11.9. The van der Waals surface area contributed by atoms with Crippen LogP contribution in [0.5, 0.6) is 0 Å². The van der Waals surface area contributed by atoms with Gasteiger partial charge >= 0.3 is 7.60 Å². The minimum atomic E-state index is -3.52. The van der Waals surface area contributed by atoms with E-state index in [9.17, 15) is 4.57 Å². The summed E-state index contributed by atoms with van der Waals surface area (Å²) in [5.74, 6) is -0.587. The van der Waals surface area contributed by atoms with Gasteiger partial charge in [0.15, 0.2) is 5.78 Å². The number of hydrogen-bond donors (Lipinski definition) is 0. The number of rotatable bonds is 7. The van der Waals surface area contributed by atoms with Gasteiger partial charge in [-0.1, -0.05) is 72.8 Å². The maximum atomic E-state index is 14.2. The fourth-order valence-electron chi connectivity index (χ4n) is 3.92. The van der Waals surface area contributed by atoms with Crippen molar-refractivity contribution in [2.45, 2.75) is 19.6 Å². The fourth-order valence-corrected chi connectivity index (χ4v) is 6.11. The van der Waals surface area contributed by atoms with E-state index >= 15 is 0 Å². The Morgan fingerprint density at radius 2 is 1.37 bits per heavy atom. The Morgan fingerprint density at radius 1 is 0.800 bits per heavy atom. The molecule has 1 atom stereocenters. The third-order valence-electron chi connectivity index (χ3n) is 5.09. The first kappa shape index (κ1) is 20.6. The van der Waals surface area contributed by atoms with Crippen LogP contribution in [0.25, 0.3) is 11.8 Å². The van der Waals surface area contributed by atoms with E-state index in [2.05, 4.69) is 29.2 Å². The SMILES string of the molecule is CCOP(=O)(OCC)C1c2ccccc2C=C(c2ccccc2)N1c1ccccc1. The Morgan fingerprint density at radius 3 is 2.00 bits per heavy atom. The van der Waals surface area contributed by atoms with Crippen LogP contribution in [0.4, 0.5) is 5.69 Å². The van der Waals surface area contributed by atoms with E-state index in [-0.39, 0.29) is 0 Å². The Kier molecular flexibility index (Phi) is 6.19. The first-order chi connectivity index (χ1) is 14.7. The summed E-state index contributed by atoms with van der Waals surface area (Å²) in [6, 6.07) is 28.2. The molecular weight excluding hydrogens is 393 g/mol. The zero-order chi connectivity index (χ0) is 21.0. The predicted molar refractivity (Wildman–Crippen MR) is 123 cm³/mol. The summed E-state index contributed by atoms with van der Waals surface area (Å²) in [5, 5.41) is 0. The average molecular weight is 419 g/mol. The van der Waals surface area contributed by atoms with Crippen molar-refractivity contribution in [1.29, 1.82) is 0 Å².